The van der Waals surface area contributed by atoms with Gasteiger partial charge in [0.1, 0.15) is 17.8 Å². The van der Waals surface area contributed by atoms with E-state index in [-0.39, 0.29) is 29.2 Å². The van der Waals surface area contributed by atoms with Crippen LogP contribution in [0.3, 0.4) is 0 Å². The van der Waals surface area contributed by atoms with Crippen molar-refractivity contribution in [1.29, 1.82) is 0 Å². The number of anilines is 1. The van der Waals surface area contributed by atoms with Crippen LogP contribution in [0.2, 0.25) is 0 Å². The Morgan fingerprint density at radius 1 is 1.20 bits per heavy atom. The van der Waals surface area contributed by atoms with E-state index in [0.29, 0.717) is 70.1 Å². The van der Waals surface area contributed by atoms with Gasteiger partial charge in [-0.25, -0.2) is 14.4 Å². The van der Waals surface area contributed by atoms with E-state index in [0.717, 1.165) is 0 Å². The second-order valence-corrected chi connectivity index (χ2v) is 9.62. The minimum Gasteiger partial charge on any atom is -0.383 e. The maximum Gasteiger partial charge on any atom is 0.291 e. The number of nitrogens with zero attached hydrogens (tertiary/aromatic N) is 8. The number of nitrogens with two attached hydrogens (primary N) is 1. The third-order valence-electron chi connectivity index (χ3n) is 7.08. The molecule has 12 nitrogen and oxygen atoms in total. The van der Waals surface area contributed by atoms with E-state index < -0.39 is 0 Å². The molecular formula is C27H25FN10O2. The van der Waals surface area contributed by atoms with E-state index in [9.17, 15) is 14.0 Å². The molecule has 0 aromatic carbocycles. The monoisotopic (exact) mass is 540 g/mol. The number of halogens is 1. The first-order valence-corrected chi connectivity index (χ1v) is 12.6. The summed E-state index contributed by atoms with van der Waals surface area (Å²) in [5.41, 5.74) is 8.59. The molecule has 5 aromatic heterocycles. The van der Waals surface area contributed by atoms with E-state index in [1.807, 2.05) is 6.07 Å². The molecule has 1 aliphatic rings. The number of H-pyrrole nitrogens is 1. The first kappa shape index (κ1) is 25.1. The number of nitrogens with one attached hydrogen (secondary N) is 1. The average Bonchev–Trinajstić information content (AvgIpc) is 3.63. The Kier molecular flexibility index (Phi) is 6.17. The second kappa shape index (κ2) is 9.84. The van der Waals surface area contributed by atoms with Crippen LogP contribution >= 0.6 is 0 Å². The molecule has 1 amide bonds. The Morgan fingerprint density at radius 2 is 2.00 bits per heavy atom. The summed E-state index contributed by atoms with van der Waals surface area (Å²) < 4.78 is 16.4. The fourth-order valence-corrected chi connectivity index (χ4v) is 5.05. The summed E-state index contributed by atoms with van der Waals surface area (Å²) in [5.74, 6) is -0.0374. The Hall–Kier alpha value is -5.20. The Bertz CT molecular complexity index is 1960. The maximum absolute atomic E-state index is 13.2. The van der Waals surface area contributed by atoms with Gasteiger partial charge >= 0.3 is 0 Å². The predicted molar refractivity (Wildman–Crippen MR) is 147 cm³/mol. The highest BCUT2D eigenvalue weighted by Crippen LogP contribution is 2.30. The number of hydrogen-bond acceptors (Lipinski definition) is 8. The Balaban J connectivity index is 1.41. The van der Waals surface area contributed by atoms with Gasteiger partial charge in [-0.1, -0.05) is 6.58 Å². The maximum atomic E-state index is 13.2. The van der Waals surface area contributed by atoms with Gasteiger partial charge in [-0.15, -0.1) is 0 Å². The van der Waals surface area contributed by atoms with Crippen molar-refractivity contribution in [2.45, 2.75) is 25.8 Å². The molecule has 1 fully saturated rings. The molecule has 3 N–H and O–H groups in total. The lowest BCUT2D eigenvalue weighted by Crippen LogP contribution is -2.41. The summed E-state index contributed by atoms with van der Waals surface area (Å²) in [6, 6.07) is 4.76. The van der Waals surface area contributed by atoms with Crippen LogP contribution in [0.25, 0.3) is 40.5 Å². The van der Waals surface area contributed by atoms with Crippen LogP contribution in [0.5, 0.6) is 0 Å². The molecule has 0 atom stereocenters. The van der Waals surface area contributed by atoms with Crippen LogP contribution in [0, 0.1) is 0 Å². The van der Waals surface area contributed by atoms with Crippen molar-refractivity contribution >= 4 is 41.1 Å². The van der Waals surface area contributed by atoms with Gasteiger partial charge in [-0.05, 0) is 49.3 Å². The van der Waals surface area contributed by atoms with Crippen LogP contribution in [0.15, 0.2) is 53.6 Å². The third-order valence-corrected chi connectivity index (χ3v) is 7.08. The van der Waals surface area contributed by atoms with Crippen LogP contribution in [-0.2, 0) is 0 Å². The van der Waals surface area contributed by atoms with E-state index >= 15 is 0 Å². The van der Waals surface area contributed by atoms with Crippen molar-refractivity contribution in [3.05, 3.63) is 75.6 Å². The van der Waals surface area contributed by atoms with Crippen LogP contribution < -0.4 is 21.9 Å². The van der Waals surface area contributed by atoms with Crippen molar-refractivity contribution in [3.63, 3.8) is 0 Å². The Morgan fingerprint density at radius 3 is 2.70 bits per heavy atom. The molecule has 1 saturated heterocycles. The zero-order valence-electron chi connectivity index (χ0n) is 21.6. The smallest absolute Gasteiger partial charge is 0.291 e. The first-order chi connectivity index (χ1) is 19.3. The number of amides is 1. The van der Waals surface area contributed by atoms with E-state index in [4.69, 9.17) is 10.7 Å². The SMILES string of the molecule is C=c1cc(-c2cnn3c(N)c4ccc(=O)n(C5CCN(C(=O)c6ncn[nH]6)CC5)c4nc23)cnc1=CC=C(C)F. The molecule has 0 radical (unpaired) electrons. The Labute approximate surface area is 226 Å². The van der Waals surface area contributed by atoms with E-state index in [1.165, 1.54) is 29.9 Å². The topological polar surface area (TPSA) is 153 Å². The van der Waals surface area contributed by atoms with Crippen LogP contribution in [0.1, 0.15) is 36.4 Å². The fourth-order valence-electron chi connectivity index (χ4n) is 5.05. The number of carbonyl (C=O) groups is 1. The summed E-state index contributed by atoms with van der Waals surface area (Å²) in [5, 5.41) is 12.5. The summed E-state index contributed by atoms with van der Waals surface area (Å²) in [4.78, 5) is 40.8. The van der Waals surface area contributed by atoms with Crippen molar-refractivity contribution in [1.82, 2.24) is 44.2 Å². The fraction of sp³-hybridized carbons (Fsp3) is 0.222. The molecule has 1 aliphatic heterocycles. The number of likely N-dealkylation sites (tertiary alicyclic amines) is 1. The van der Waals surface area contributed by atoms with Crippen molar-refractivity contribution in [3.8, 4) is 11.1 Å². The first-order valence-electron chi connectivity index (χ1n) is 12.6. The largest absolute Gasteiger partial charge is 0.383 e. The minimum absolute atomic E-state index is 0.186. The number of allylic oxidation sites excluding steroid dienone is 2. The number of aromatic nitrogens is 8. The number of nitrogen functional groups attached to an aromatic ring is 1. The van der Waals surface area contributed by atoms with Crippen molar-refractivity contribution in [2.24, 2.45) is 0 Å². The number of carbonyl (C=O) groups excluding carboxylic acids is 1. The normalized spacial score (nSPS) is 15.4. The van der Waals surface area contributed by atoms with Gasteiger partial charge in [0.2, 0.25) is 5.82 Å². The molecule has 0 unspecified atom stereocenters. The van der Waals surface area contributed by atoms with Gasteiger partial charge in [0.05, 0.1) is 22.8 Å². The standard InChI is InChI=1S/C27H25FN10O2/c1-15-11-17(12-30-21(15)5-3-16(2)28)20-13-33-38-23(29)19-4-6-22(39)37(25(19)34-26(20)38)18-7-9-36(10-8-18)27(40)24-31-14-32-35-24/h3-6,11-14,18H,1,7-10,29H2,2H3,(H,31,32,35). The second-order valence-electron chi connectivity index (χ2n) is 9.62. The highest BCUT2D eigenvalue weighted by molar-refractivity contribution is 5.91. The summed E-state index contributed by atoms with van der Waals surface area (Å²) in [6.07, 6.45) is 8.56. The molecule has 13 heteroatoms. The molecule has 5 aromatic rings. The third kappa shape index (κ3) is 4.30. The van der Waals surface area contributed by atoms with E-state index in [1.54, 1.807) is 34.0 Å². The quantitative estimate of drug-likeness (QED) is 0.346. The lowest BCUT2D eigenvalue weighted by Gasteiger charge is -2.32. The summed E-state index contributed by atoms with van der Waals surface area (Å²) in [6.45, 7) is 6.28. The zero-order valence-corrected chi connectivity index (χ0v) is 21.6. The minimum atomic E-state index is -0.336. The number of rotatable bonds is 4. The predicted octanol–water partition coefficient (Wildman–Crippen LogP) is 1.35. The zero-order chi connectivity index (χ0) is 28.0. The number of fused-ring (bicyclic) bond motifs is 2. The van der Waals surface area contributed by atoms with Gasteiger partial charge in [0.15, 0.2) is 5.65 Å². The molecule has 202 valence electrons. The number of aromatic amines is 1. The highest BCUT2D eigenvalue weighted by Gasteiger charge is 2.28. The molecular weight excluding hydrogens is 515 g/mol. The van der Waals surface area contributed by atoms with Crippen molar-refractivity contribution < 1.29 is 9.18 Å². The van der Waals surface area contributed by atoms with Gasteiger partial charge in [0, 0.05) is 42.5 Å². The number of pyridine rings is 2. The lowest BCUT2D eigenvalue weighted by atomic mass is 10.0. The highest BCUT2D eigenvalue weighted by atomic mass is 19.1. The van der Waals surface area contributed by atoms with Gasteiger partial charge in [0.25, 0.3) is 11.5 Å². The average molecular weight is 541 g/mol. The molecule has 0 bridgehead atoms. The van der Waals surface area contributed by atoms with Crippen LogP contribution in [-0.4, -0.2) is 63.2 Å². The lowest BCUT2D eigenvalue weighted by molar-refractivity contribution is 0.0683. The van der Waals surface area contributed by atoms with Crippen molar-refractivity contribution in [2.75, 3.05) is 18.8 Å². The summed E-state index contributed by atoms with van der Waals surface area (Å²) >= 11 is 0. The molecule has 0 aliphatic carbocycles. The summed E-state index contributed by atoms with van der Waals surface area (Å²) in [7, 11) is 0. The van der Waals surface area contributed by atoms with Gasteiger partial charge in [-0.2, -0.15) is 14.7 Å². The number of piperidine rings is 1. The molecule has 0 saturated carbocycles. The molecule has 6 rings (SSSR count). The van der Waals surface area contributed by atoms with Gasteiger partial charge in [-0.3, -0.25) is 24.2 Å². The number of hydrogen-bond donors (Lipinski definition) is 2. The van der Waals surface area contributed by atoms with E-state index in [2.05, 4.69) is 31.8 Å². The molecule has 0 spiro atoms. The molecule has 6 heterocycles. The van der Waals surface area contributed by atoms with Crippen LogP contribution in [0.4, 0.5) is 10.2 Å². The van der Waals surface area contributed by atoms with Gasteiger partial charge < -0.3 is 10.6 Å². The molecule has 40 heavy (non-hydrogen) atoms.